The van der Waals surface area contributed by atoms with Crippen molar-refractivity contribution in [3.63, 3.8) is 0 Å². The second kappa shape index (κ2) is 6.45. The predicted molar refractivity (Wildman–Crippen MR) is 95.3 cm³/mol. The minimum absolute atomic E-state index is 0.184. The van der Waals surface area contributed by atoms with Gasteiger partial charge in [-0.1, -0.05) is 0 Å². The summed E-state index contributed by atoms with van der Waals surface area (Å²) in [7, 11) is -3.20. The van der Waals surface area contributed by atoms with Gasteiger partial charge < -0.3 is 4.90 Å². The number of nitrogens with zero attached hydrogens (tertiary/aromatic N) is 4. The Balaban J connectivity index is 1.43. The smallest absolute Gasteiger partial charge is 0.267 e. The van der Waals surface area contributed by atoms with E-state index in [1.54, 1.807) is 17.9 Å². The molecule has 3 aliphatic rings. The van der Waals surface area contributed by atoms with Crippen LogP contribution in [0.3, 0.4) is 0 Å². The highest BCUT2D eigenvalue weighted by atomic mass is 32.2. The molecule has 1 aromatic rings. The van der Waals surface area contributed by atoms with Crippen LogP contribution in [0.5, 0.6) is 0 Å². The Hall–Kier alpha value is -1.74. The van der Waals surface area contributed by atoms with Crippen LogP contribution in [-0.4, -0.2) is 64.7 Å². The van der Waals surface area contributed by atoms with Crippen molar-refractivity contribution >= 4 is 15.9 Å². The number of hydrogen-bond donors (Lipinski definition) is 0. The Labute approximate surface area is 152 Å². The van der Waals surface area contributed by atoms with Crippen LogP contribution in [0.2, 0.25) is 0 Å². The topological polar surface area (TPSA) is 92.6 Å². The highest BCUT2D eigenvalue weighted by Crippen LogP contribution is 2.38. The molecule has 2 saturated carbocycles. The summed E-state index contributed by atoms with van der Waals surface area (Å²) in [5, 5.41) is 4.16. The number of piperazine rings is 1. The van der Waals surface area contributed by atoms with Crippen LogP contribution in [0.4, 0.5) is 0 Å². The van der Waals surface area contributed by atoms with E-state index in [0.29, 0.717) is 32.1 Å². The van der Waals surface area contributed by atoms with Crippen LogP contribution >= 0.6 is 0 Å². The lowest BCUT2D eigenvalue weighted by Crippen LogP contribution is -2.53. The molecule has 8 nitrogen and oxygen atoms in total. The average molecular weight is 380 g/mol. The summed E-state index contributed by atoms with van der Waals surface area (Å²) in [5.74, 6) is 0.219. The largest absolute Gasteiger partial charge is 0.338 e. The molecule has 0 radical (unpaired) electrons. The monoisotopic (exact) mass is 380 g/mol. The van der Waals surface area contributed by atoms with E-state index in [1.165, 1.54) is 15.1 Å². The molecule has 1 amide bonds. The fraction of sp³-hybridized carbons (Fsp3) is 0.706. The first-order valence-electron chi connectivity index (χ1n) is 9.25. The van der Waals surface area contributed by atoms with Crippen molar-refractivity contribution in [1.82, 2.24) is 19.0 Å². The maximum Gasteiger partial charge on any atom is 0.267 e. The number of hydrogen-bond acceptors (Lipinski definition) is 5. The summed E-state index contributed by atoms with van der Waals surface area (Å²) in [4.78, 5) is 26.6. The summed E-state index contributed by atoms with van der Waals surface area (Å²) in [6.45, 7) is 3.03. The minimum atomic E-state index is -3.20. The molecule has 3 fully saturated rings. The Kier molecular flexibility index (Phi) is 4.38. The van der Waals surface area contributed by atoms with Crippen LogP contribution < -0.4 is 5.56 Å². The highest BCUT2D eigenvalue weighted by Gasteiger charge is 2.41. The Morgan fingerprint density at radius 3 is 2.35 bits per heavy atom. The number of aromatic nitrogens is 2. The first-order chi connectivity index (χ1) is 12.4. The van der Waals surface area contributed by atoms with Gasteiger partial charge in [0.1, 0.15) is 6.04 Å². The fourth-order valence-electron chi connectivity index (χ4n) is 3.42. The molecule has 9 heteroatoms. The zero-order valence-electron chi connectivity index (χ0n) is 14.9. The van der Waals surface area contributed by atoms with Gasteiger partial charge in [0, 0.05) is 38.2 Å². The molecule has 2 aliphatic carbocycles. The van der Waals surface area contributed by atoms with E-state index >= 15 is 0 Å². The van der Waals surface area contributed by atoms with Crippen LogP contribution in [0.1, 0.15) is 50.3 Å². The van der Waals surface area contributed by atoms with Gasteiger partial charge in [0.05, 0.1) is 10.9 Å². The maximum absolute atomic E-state index is 12.8. The third-order valence-corrected chi connectivity index (χ3v) is 7.82. The standard InChI is InChI=1S/C17H24N4O4S/c1-12(21-16(22)7-6-15(18-21)13-2-3-13)17(23)19-8-10-20(11-9-19)26(24,25)14-4-5-14/h6-7,12-14H,2-5,8-11H2,1H3. The molecule has 1 aromatic heterocycles. The second-order valence-corrected chi connectivity index (χ2v) is 9.67. The molecular weight excluding hydrogens is 356 g/mol. The molecule has 1 unspecified atom stereocenters. The average Bonchev–Trinajstić information content (AvgIpc) is 3.52. The molecular formula is C17H24N4O4S. The van der Waals surface area contributed by atoms with Crippen molar-refractivity contribution in [2.45, 2.75) is 49.8 Å². The van der Waals surface area contributed by atoms with Gasteiger partial charge in [-0.05, 0) is 38.7 Å². The molecule has 1 atom stereocenters. The number of rotatable bonds is 5. The molecule has 0 N–H and O–H groups in total. The van der Waals surface area contributed by atoms with Crippen LogP contribution in [0.15, 0.2) is 16.9 Å². The number of carbonyl (C=O) groups is 1. The first kappa shape index (κ1) is 17.7. The number of carbonyl (C=O) groups excluding carboxylic acids is 1. The highest BCUT2D eigenvalue weighted by molar-refractivity contribution is 7.90. The van der Waals surface area contributed by atoms with Crippen LogP contribution in [0, 0.1) is 0 Å². The van der Waals surface area contributed by atoms with Crippen molar-refractivity contribution in [2.24, 2.45) is 0 Å². The van der Waals surface area contributed by atoms with Crippen molar-refractivity contribution in [1.29, 1.82) is 0 Å². The summed E-state index contributed by atoms with van der Waals surface area (Å²) >= 11 is 0. The summed E-state index contributed by atoms with van der Waals surface area (Å²) in [6.07, 6.45) is 3.63. The molecule has 1 saturated heterocycles. The maximum atomic E-state index is 12.8. The van der Waals surface area contributed by atoms with Crippen molar-refractivity contribution in [2.75, 3.05) is 26.2 Å². The van der Waals surface area contributed by atoms with Gasteiger partial charge in [-0.15, -0.1) is 0 Å². The zero-order chi connectivity index (χ0) is 18.5. The Bertz CT molecular complexity index is 865. The SMILES string of the molecule is CC(C(=O)N1CCN(S(=O)(=O)C2CC2)CC1)n1nc(C2CC2)ccc1=O. The predicted octanol–water partition coefficient (Wildman–Crippen LogP) is 0.318. The summed E-state index contributed by atoms with van der Waals surface area (Å²) in [5.41, 5.74) is 0.579. The third-order valence-electron chi connectivity index (χ3n) is 5.42. The minimum Gasteiger partial charge on any atom is -0.338 e. The van der Waals surface area contributed by atoms with E-state index < -0.39 is 16.1 Å². The molecule has 1 aliphatic heterocycles. The number of sulfonamides is 1. The van der Waals surface area contributed by atoms with Crippen molar-refractivity contribution in [3.8, 4) is 0 Å². The van der Waals surface area contributed by atoms with Crippen LogP contribution in [-0.2, 0) is 14.8 Å². The molecule has 0 spiro atoms. The Morgan fingerprint density at radius 1 is 1.12 bits per heavy atom. The van der Waals surface area contributed by atoms with E-state index in [2.05, 4.69) is 5.10 Å². The normalized spacial score (nSPS) is 23.0. The van der Waals surface area contributed by atoms with Gasteiger partial charge >= 0.3 is 0 Å². The quantitative estimate of drug-likeness (QED) is 0.733. The molecule has 26 heavy (non-hydrogen) atoms. The lowest BCUT2D eigenvalue weighted by atomic mass is 10.2. The summed E-state index contributed by atoms with van der Waals surface area (Å²) < 4.78 is 27.4. The molecule has 142 valence electrons. The molecule has 0 bridgehead atoms. The van der Waals surface area contributed by atoms with Gasteiger partial charge in [0.2, 0.25) is 15.9 Å². The van der Waals surface area contributed by atoms with Crippen LogP contribution in [0.25, 0.3) is 0 Å². The van der Waals surface area contributed by atoms with Gasteiger partial charge in [-0.3, -0.25) is 9.59 Å². The third kappa shape index (κ3) is 3.29. The number of amides is 1. The van der Waals surface area contributed by atoms with Gasteiger partial charge in [0.25, 0.3) is 5.56 Å². The lowest BCUT2D eigenvalue weighted by Gasteiger charge is -2.35. The van der Waals surface area contributed by atoms with E-state index in [4.69, 9.17) is 0 Å². The molecule has 0 aromatic carbocycles. The van der Waals surface area contributed by atoms with E-state index in [1.807, 2.05) is 0 Å². The molecule has 2 heterocycles. The summed E-state index contributed by atoms with van der Waals surface area (Å²) in [6, 6.07) is 2.53. The van der Waals surface area contributed by atoms with Gasteiger partial charge in [-0.25, -0.2) is 13.1 Å². The zero-order valence-corrected chi connectivity index (χ0v) is 15.7. The first-order valence-corrected chi connectivity index (χ1v) is 10.8. The molecule has 4 rings (SSSR count). The van der Waals surface area contributed by atoms with E-state index in [0.717, 1.165) is 31.4 Å². The van der Waals surface area contributed by atoms with E-state index in [9.17, 15) is 18.0 Å². The van der Waals surface area contributed by atoms with Crippen molar-refractivity contribution < 1.29 is 13.2 Å². The Morgan fingerprint density at radius 2 is 1.77 bits per heavy atom. The van der Waals surface area contributed by atoms with Gasteiger partial charge in [-0.2, -0.15) is 9.40 Å². The van der Waals surface area contributed by atoms with E-state index in [-0.39, 0.29) is 16.7 Å². The lowest BCUT2D eigenvalue weighted by molar-refractivity contribution is -0.135. The second-order valence-electron chi connectivity index (χ2n) is 7.46. The fourth-order valence-corrected chi connectivity index (χ4v) is 5.25. The van der Waals surface area contributed by atoms with Crippen molar-refractivity contribution in [3.05, 3.63) is 28.2 Å². The van der Waals surface area contributed by atoms with Gasteiger partial charge in [0.15, 0.2) is 0 Å².